The average molecular weight is 387 g/mol. The molecule has 29 heavy (non-hydrogen) atoms. The lowest BCUT2D eigenvalue weighted by Gasteiger charge is -2.19. The Labute approximate surface area is 179 Å². The van der Waals surface area contributed by atoms with Crippen molar-refractivity contribution in [2.24, 2.45) is 5.92 Å². The van der Waals surface area contributed by atoms with Gasteiger partial charge in [-0.3, -0.25) is 0 Å². The highest BCUT2D eigenvalue weighted by Crippen LogP contribution is 2.30. The summed E-state index contributed by atoms with van der Waals surface area (Å²) in [5.41, 5.74) is 10.8. The molecule has 0 nitrogen and oxygen atoms in total. The summed E-state index contributed by atoms with van der Waals surface area (Å²) < 4.78 is 0. The van der Waals surface area contributed by atoms with Gasteiger partial charge in [-0.15, -0.1) is 0 Å². The molecule has 0 spiro atoms. The first-order valence-corrected chi connectivity index (χ1v) is 10.4. The van der Waals surface area contributed by atoms with Gasteiger partial charge in [-0.25, -0.2) is 0 Å². The molecule has 1 rings (SSSR count). The highest BCUT2D eigenvalue weighted by Gasteiger charge is 2.13. The first-order chi connectivity index (χ1) is 13.7. The third-order valence-electron chi connectivity index (χ3n) is 5.53. The summed E-state index contributed by atoms with van der Waals surface area (Å²) in [4.78, 5) is 0. The molecule has 1 atom stereocenters. The van der Waals surface area contributed by atoms with Crippen molar-refractivity contribution in [1.82, 2.24) is 0 Å². The van der Waals surface area contributed by atoms with E-state index in [2.05, 4.69) is 89.9 Å². The molecule has 0 N–H and O–H groups in total. The molecule has 1 aromatic carbocycles. The van der Waals surface area contributed by atoms with E-state index < -0.39 is 0 Å². The minimum atomic E-state index is 0.461. The van der Waals surface area contributed by atoms with E-state index in [1.54, 1.807) is 0 Å². The van der Waals surface area contributed by atoms with Crippen LogP contribution in [0.2, 0.25) is 0 Å². The normalized spacial score (nSPS) is 14.2. The lowest BCUT2D eigenvalue weighted by Crippen LogP contribution is -2.05. The fourth-order valence-corrected chi connectivity index (χ4v) is 3.43. The number of hydrogen-bond donors (Lipinski definition) is 0. The summed E-state index contributed by atoms with van der Waals surface area (Å²) in [5.74, 6) is 0.461. The van der Waals surface area contributed by atoms with Gasteiger partial charge in [-0.05, 0) is 98.9 Å². The Kier molecular flexibility index (Phi) is 9.62. The van der Waals surface area contributed by atoms with Crippen molar-refractivity contribution >= 4 is 5.57 Å². The Balaban J connectivity index is 3.47. The first kappa shape index (κ1) is 24.4. The molecule has 0 aliphatic rings. The van der Waals surface area contributed by atoms with Crippen molar-refractivity contribution in [3.63, 3.8) is 0 Å². The van der Waals surface area contributed by atoms with Crippen LogP contribution in [0.3, 0.4) is 0 Å². The lowest BCUT2D eigenvalue weighted by atomic mass is 9.86. The Morgan fingerprint density at radius 1 is 1.07 bits per heavy atom. The second-order valence-corrected chi connectivity index (χ2v) is 7.95. The Morgan fingerprint density at radius 2 is 1.69 bits per heavy atom. The standard InChI is InChI=1S/C29H38/c1-11-14-15-21(6)22(7)16-27-17-23(8)24(9)19-29(27)26(12-2)18-25(10)28(13-3)20(4)5/h11-15,17-19,22H,2,4,10,16H2,1,3,5-9H3/b14-11-,21-15+,26-18+,28-13-. The van der Waals surface area contributed by atoms with Gasteiger partial charge in [-0.1, -0.05) is 80.3 Å². The minimum absolute atomic E-state index is 0.461. The van der Waals surface area contributed by atoms with E-state index in [1.807, 2.05) is 26.8 Å². The number of hydrogen-bond acceptors (Lipinski definition) is 0. The molecule has 1 unspecified atom stereocenters. The number of aryl methyl sites for hydroxylation is 2. The lowest BCUT2D eigenvalue weighted by molar-refractivity contribution is 0.676. The molecule has 1 aromatic rings. The summed E-state index contributed by atoms with van der Waals surface area (Å²) in [6.45, 7) is 27.4. The van der Waals surface area contributed by atoms with Gasteiger partial charge in [0.1, 0.15) is 0 Å². The molecule has 0 saturated heterocycles. The zero-order valence-electron chi connectivity index (χ0n) is 19.5. The van der Waals surface area contributed by atoms with Crippen molar-refractivity contribution in [3.8, 4) is 0 Å². The number of benzene rings is 1. The quantitative estimate of drug-likeness (QED) is 0.372. The zero-order chi connectivity index (χ0) is 22.1. The molecule has 0 aliphatic heterocycles. The van der Waals surface area contributed by atoms with Crippen LogP contribution in [0.4, 0.5) is 0 Å². The van der Waals surface area contributed by atoms with Crippen molar-refractivity contribution < 1.29 is 0 Å². The first-order valence-electron chi connectivity index (χ1n) is 10.4. The van der Waals surface area contributed by atoms with E-state index in [-0.39, 0.29) is 0 Å². The van der Waals surface area contributed by atoms with Crippen LogP contribution in [0.15, 0.2) is 90.6 Å². The molecule has 0 saturated carbocycles. The van der Waals surface area contributed by atoms with Gasteiger partial charge in [0, 0.05) is 0 Å². The molecule has 0 fully saturated rings. The summed E-state index contributed by atoms with van der Waals surface area (Å²) in [6.07, 6.45) is 13.5. The largest absolute Gasteiger partial charge is 0.0984 e. The van der Waals surface area contributed by atoms with E-state index in [1.165, 1.54) is 27.8 Å². The third kappa shape index (κ3) is 6.75. The SMILES string of the molecule is C=C/C(=C\C(=C)/C(=C\C)C(=C)C)c1cc(C)c(C)cc1CC(C)/C(C)=C/C=C\C. The van der Waals surface area contributed by atoms with E-state index >= 15 is 0 Å². The van der Waals surface area contributed by atoms with Gasteiger partial charge < -0.3 is 0 Å². The second-order valence-electron chi connectivity index (χ2n) is 7.95. The molecule has 0 aromatic heterocycles. The van der Waals surface area contributed by atoms with E-state index in [0.717, 1.165) is 28.7 Å². The van der Waals surface area contributed by atoms with Crippen LogP contribution in [0.25, 0.3) is 5.57 Å². The molecule has 0 heterocycles. The van der Waals surface area contributed by atoms with E-state index in [4.69, 9.17) is 0 Å². The van der Waals surface area contributed by atoms with Crippen LogP contribution in [0.5, 0.6) is 0 Å². The van der Waals surface area contributed by atoms with Crippen LogP contribution in [-0.4, -0.2) is 0 Å². The van der Waals surface area contributed by atoms with Gasteiger partial charge in [-0.2, -0.15) is 0 Å². The number of rotatable bonds is 9. The van der Waals surface area contributed by atoms with Crippen molar-refractivity contribution in [2.75, 3.05) is 0 Å². The van der Waals surface area contributed by atoms with Gasteiger partial charge in [0.2, 0.25) is 0 Å². The maximum Gasteiger partial charge on any atom is -0.0149 e. The molecule has 0 bridgehead atoms. The fraction of sp³-hybridized carbons (Fsp3) is 0.310. The molecular weight excluding hydrogens is 348 g/mol. The van der Waals surface area contributed by atoms with Crippen LogP contribution in [0, 0.1) is 19.8 Å². The number of allylic oxidation sites excluding steroid dienone is 11. The van der Waals surface area contributed by atoms with Crippen molar-refractivity contribution in [3.05, 3.63) is 113 Å². The van der Waals surface area contributed by atoms with Crippen molar-refractivity contribution in [1.29, 1.82) is 0 Å². The Hall–Kier alpha value is -2.60. The molecular formula is C29H38. The smallest absolute Gasteiger partial charge is 0.0149 e. The molecule has 154 valence electrons. The zero-order valence-corrected chi connectivity index (χ0v) is 19.5. The maximum atomic E-state index is 4.28. The summed E-state index contributed by atoms with van der Waals surface area (Å²) in [7, 11) is 0. The molecule has 0 heteroatoms. The topological polar surface area (TPSA) is 0 Å². The van der Waals surface area contributed by atoms with Gasteiger partial charge >= 0.3 is 0 Å². The summed E-state index contributed by atoms with van der Waals surface area (Å²) >= 11 is 0. The van der Waals surface area contributed by atoms with E-state index in [0.29, 0.717) is 5.92 Å². The van der Waals surface area contributed by atoms with E-state index in [9.17, 15) is 0 Å². The predicted octanol–water partition coefficient (Wildman–Crippen LogP) is 8.65. The average Bonchev–Trinajstić information content (AvgIpc) is 2.67. The fourth-order valence-electron chi connectivity index (χ4n) is 3.43. The predicted molar refractivity (Wildman–Crippen MR) is 133 cm³/mol. The Morgan fingerprint density at radius 3 is 2.21 bits per heavy atom. The molecule has 0 aliphatic carbocycles. The van der Waals surface area contributed by atoms with Gasteiger partial charge in [0.15, 0.2) is 0 Å². The van der Waals surface area contributed by atoms with Crippen LogP contribution in [-0.2, 0) is 6.42 Å². The van der Waals surface area contributed by atoms with Gasteiger partial charge in [0.05, 0.1) is 0 Å². The highest BCUT2D eigenvalue weighted by atomic mass is 14.2. The van der Waals surface area contributed by atoms with Crippen LogP contribution in [0.1, 0.15) is 56.9 Å². The highest BCUT2D eigenvalue weighted by molar-refractivity contribution is 5.79. The van der Waals surface area contributed by atoms with Crippen LogP contribution >= 0.6 is 0 Å². The monoisotopic (exact) mass is 386 g/mol. The Bertz CT molecular complexity index is 894. The summed E-state index contributed by atoms with van der Waals surface area (Å²) in [6, 6.07) is 4.62. The van der Waals surface area contributed by atoms with Crippen molar-refractivity contribution in [2.45, 2.75) is 54.9 Å². The minimum Gasteiger partial charge on any atom is -0.0984 e. The maximum absolute atomic E-state index is 4.28. The van der Waals surface area contributed by atoms with Gasteiger partial charge in [0.25, 0.3) is 0 Å². The van der Waals surface area contributed by atoms with Crippen LogP contribution < -0.4 is 0 Å². The molecule has 0 amide bonds. The summed E-state index contributed by atoms with van der Waals surface area (Å²) in [5, 5.41) is 0. The molecule has 0 radical (unpaired) electrons. The second kappa shape index (κ2) is 11.4. The third-order valence-corrected chi connectivity index (χ3v) is 5.53.